The molecule has 0 radical (unpaired) electrons. The third kappa shape index (κ3) is 2.84. The van der Waals surface area contributed by atoms with E-state index in [0.717, 1.165) is 43.2 Å². The van der Waals surface area contributed by atoms with Crippen LogP contribution in [-0.2, 0) is 6.54 Å². The predicted octanol–water partition coefficient (Wildman–Crippen LogP) is 2.69. The number of nitrogens with zero attached hydrogens (tertiary/aromatic N) is 2. The molecule has 2 heterocycles. The van der Waals surface area contributed by atoms with Gasteiger partial charge in [-0.3, -0.25) is 0 Å². The van der Waals surface area contributed by atoms with Gasteiger partial charge >= 0.3 is 0 Å². The van der Waals surface area contributed by atoms with Gasteiger partial charge in [0.1, 0.15) is 5.82 Å². The van der Waals surface area contributed by atoms with Crippen LogP contribution >= 0.6 is 0 Å². The summed E-state index contributed by atoms with van der Waals surface area (Å²) >= 11 is 0. The molecular formula is C15H18FN3. The van der Waals surface area contributed by atoms with Crippen molar-refractivity contribution in [2.75, 3.05) is 13.1 Å². The average molecular weight is 259 g/mol. The van der Waals surface area contributed by atoms with E-state index in [4.69, 9.17) is 0 Å². The second kappa shape index (κ2) is 5.53. The van der Waals surface area contributed by atoms with Crippen molar-refractivity contribution < 1.29 is 4.39 Å². The maximum atomic E-state index is 13.0. The molecule has 1 N–H and O–H groups in total. The highest BCUT2D eigenvalue weighted by Crippen LogP contribution is 2.21. The van der Waals surface area contributed by atoms with Gasteiger partial charge in [0.15, 0.2) is 0 Å². The summed E-state index contributed by atoms with van der Waals surface area (Å²) < 4.78 is 15.1. The van der Waals surface area contributed by atoms with E-state index in [1.807, 2.05) is 12.5 Å². The fourth-order valence-corrected chi connectivity index (χ4v) is 2.64. The molecule has 2 aromatic rings. The van der Waals surface area contributed by atoms with Crippen molar-refractivity contribution in [3.8, 4) is 11.3 Å². The van der Waals surface area contributed by atoms with Gasteiger partial charge in [-0.1, -0.05) is 0 Å². The topological polar surface area (TPSA) is 29.9 Å². The largest absolute Gasteiger partial charge is 0.331 e. The van der Waals surface area contributed by atoms with Crippen LogP contribution in [0.15, 0.2) is 36.8 Å². The standard InChI is InChI=1S/C15H18FN3/c16-14-3-1-13(2-4-14)15-10-18-11-19(15)8-6-12-5-7-17-9-12/h1-4,10-12,17H,5-9H2. The third-order valence-corrected chi connectivity index (χ3v) is 3.79. The summed E-state index contributed by atoms with van der Waals surface area (Å²) in [4.78, 5) is 4.22. The van der Waals surface area contributed by atoms with E-state index in [9.17, 15) is 4.39 Å². The van der Waals surface area contributed by atoms with Crippen LogP contribution in [0.5, 0.6) is 0 Å². The van der Waals surface area contributed by atoms with E-state index < -0.39 is 0 Å². The van der Waals surface area contributed by atoms with E-state index in [1.165, 1.54) is 18.6 Å². The summed E-state index contributed by atoms with van der Waals surface area (Å²) in [6, 6.07) is 6.60. The van der Waals surface area contributed by atoms with Crippen molar-refractivity contribution in [3.63, 3.8) is 0 Å². The summed E-state index contributed by atoms with van der Waals surface area (Å²) in [7, 11) is 0. The lowest BCUT2D eigenvalue weighted by Crippen LogP contribution is -2.11. The molecule has 1 unspecified atom stereocenters. The molecule has 0 bridgehead atoms. The van der Waals surface area contributed by atoms with Crippen LogP contribution in [0, 0.1) is 11.7 Å². The molecule has 0 spiro atoms. The zero-order chi connectivity index (χ0) is 13.1. The second-order valence-electron chi connectivity index (χ2n) is 5.13. The quantitative estimate of drug-likeness (QED) is 0.915. The number of aromatic nitrogens is 2. The lowest BCUT2D eigenvalue weighted by Gasteiger charge is -2.11. The Balaban J connectivity index is 1.72. The number of rotatable bonds is 4. The van der Waals surface area contributed by atoms with E-state index in [0.29, 0.717) is 0 Å². The van der Waals surface area contributed by atoms with Crippen molar-refractivity contribution in [2.24, 2.45) is 5.92 Å². The maximum Gasteiger partial charge on any atom is 0.123 e. The van der Waals surface area contributed by atoms with Gasteiger partial charge in [0, 0.05) is 6.54 Å². The molecule has 0 amide bonds. The summed E-state index contributed by atoms with van der Waals surface area (Å²) in [6.45, 7) is 3.24. The van der Waals surface area contributed by atoms with Crippen LogP contribution in [0.25, 0.3) is 11.3 Å². The van der Waals surface area contributed by atoms with Gasteiger partial charge < -0.3 is 9.88 Å². The van der Waals surface area contributed by atoms with E-state index in [1.54, 1.807) is 12.1 Å². The van der Waals surface area contributed by atoms with Gasteiger partial charge in [-0.05, 0) is 61.7 Å². The zero-order valence-corrected chi connectivity index (χ0v) is 10.8. The number of benzene rings is 1. The minimum atomic E-state index is -0.202. The van der Waals surface area contributed by atoms with E-state index in [2.05, 4.69) is 14.9 Å². The number of hydrogen-bond acceptors (Lipinski definition) is 2. The first kappa shape index (κ1) is 12.4. The third-order valence-electron chi connectivity index (χ3n) is 3.79. The molecule has 0 aliphatic carbocycles. The maximum absolute atomic E-state index is 13.0. The Bertz CT molecular complexity index is 527. The van der Waals surface area contributed by atoms with Crippen molar-refractivity contribution in [2.45, 2.75) is 19.4 Å². The lowest BCUT2D eigenvalue weighted by molar-refractivity contribution is 0.481. The molecule has 3 rings (SSSR count). The minimum absolute atomic E-state index is 0.202. The molecule has 1 aliphatic rings. The highest BCUT2D eigenvalue weighted by Gasteiger charge is 2.14. The van der Waals surface area contributed by atoms with Crippen LogP contribution in [0.3, 0.4) is 0 Å². The first-order valence-electron chi connectivity index (χ1n) is 6.80. The van der Waals surface area contributed by atoms with Gasteiger partial charge in [0.2, 0.25) is 0 Å². The van der Waals surface area contributed by atoms with Crippen LogP contribution in [0.4, 0.5) is 4.39 Å². The molecule has 1 aliphatic heterocycles. The van der Waals surface area contributed by atoms with Crippen molar-refractivity contribution in [1.82, 2.24) is 14.9 Å². The molecule has 0 saturated carbocycles. The number of hydrogen-bond donors (Lipinski definition) is 1. The Morgan fingerprint density at radius 1 is 1.32 bits per heavy atom. The fraction of sp³-hybridized carbons (Fsp3) is 0.400. The Morgan fingerprint density at radius 3 is 2.89 bits per heavy atom. The number of aryl methyl sites for hydroxylation is 1. The van der Waals surface area contributed by atoms with Crippen molar-refractivity contribution in [3.05, 3.63) is 42.6 Å². The molecule has 1 saturated heterocycles. The van der Waals surface area contributed by atoms with Gasteiger partial charge in [-0.15, -0.1) is 0 Å². The Kier molecular flexibility index (Phi) is 3.60. The fourth-order valence-electron chi connectivity index (χ4n) is 2.64. The molecule has 1 fully saturated rings. The molecule has 4 heteroatoms. The van der Waals surface area contributed by atoms with Gasteiger partial charge in [-0.25, -0.2) is 9.37 Å². The molecule has 1 aromatic carbocycles. The highest BCUT2D eigenvalue weighted by atomic mass is 19.1. The normalized spacial score (nSPS) is 18.9. The SMILES string of the molecule is Fc1ccc(-c2cncn2CCC2CCNC2)cc1. The Hall–Kier alpha value is -1.68. The van der Waals surface area contributed by atoms with Gasteiger partial charge in [0.25, 0.3) is 0 Å². The Labute approximate surface area is 112 Å². The zero-order valence-electron chi connectivity index (χ0n) is 10.8. The van der Waals surface area contributed by atoms with Crippen molar-refractivity contribution in [1.29, 1.82) is 0 Å². The lowest BCUT2D eigenvalue weighted by atomic mass is 10.1. The number of imidazole rings is 1. The second-order valence-corrected chi connectivity index (χ2v) is 5.13. The molecule has 100 valence electrons. The molecule has 3 nitrogen and oxygen atoms in total. The average Bonchev–Trinajstić information content (AvgIpc) is 3.08. The first-order chi connectivity index (χ1) is 9.33. The van der Waals surface area contributed by atoms with Crippen molar-refractivity contribution >= 4 is 0 Å². The summed E-state index contributed by atoms with van der Waals surface area (Å²) in [5, 5.41) is 3.39. The smallest absolute Gasteiger partial charge is 0.123 e. The van der Waals surface area contributed by atoms with Crippen LogP contribution in [0.2, 0.25) is 0 Å². The number of halogens is 1. The first-order valence-corrected chi connectivity index (χ1v) is 6.80. The highest BCUT2D eigenvalue weighted by molar-refractivity contribution is 5.58. The molecular weight excluding hydrogens is 241 g/mol. The monoisotopic (exact) mass is 259 g/mol. The summed E-state index contributed by atoms with van der Waals surface area (Å²) in [6.07, 6.45) is 6.14. The van der Waals surface area contributed by atoms with E-state index in [-0.39, 0.29) is 5.82 Å². The number of nitrogens with one attached hydrogen (secondary N) is 1. The summed E-state index contributed by atoms with van der Waals surface area (Å²) in [5.74, 6) is 0.565. The van der Waals surface area contributed by atoms with E-state index >= 15 is 0 Å². The minimum Gasteiger partial charge on any atom is -0.331 e. The Morgan fingerprint density at radius 2 is 2.16 bits per heavy atom. The predicted molar refractivity (Wildman–Crippen MR) is 73.2 cm³/mol. The van der Waals surface area contributed by atoms with Gasteiger partial charge in [0.05, 0.1) is 18.2 Å². The molecule has 19 heavy (non-hydrogen) atoms. The molecule has 1 atom stereocenters. The molecule has 1 aromatic heterocycles. The van der Waals surface area contributed by atoms with Crippen LogP contribution in [-0.4, -0.2) is 22.6 Å². The van der Waals surface area contributed by atoms with Crippen LogP contribution in [0.1, 0.15) is 12.8 Å². The summed E-state index contributed by atoms with van der Waals surface area (Å²) in [5.41, 5.74) is 2.08. The van der Waals surface area contributed by atoms with Gasteiger partial charge in [-0.2, -0.15) is 0 Å². The van der Waals surface area contributed by atoms with Crippen LogP contribution < -0.4 is 5.32 Å².